The third-order valence-corrected chi connectivity index (χ3v) is 4.63. The molecule has 118 valence electrons. The lowest BCUT2D eigenvalue weighted by atomic mass is 9.82. The summed E-state index contributed by atoms with van der Waals surface area (Å²) in [5, 5.41) is 12.3. The number of benzene rings is 1. The molecule has 0 amide bonds. The van der Waals surface area contributed by atoms with Gasteiger partial charge in [-0.1, -0.05) is 30.3 Å². The van der Waals surface area contributed by atoms with E-state index < -0.39 is 0 Å². The first kappa shape index (κ1) is 15.5. The Morgan fingerprint density at radius 1 is 1.13 bits per heavy atom. The summed E-state index contributed by atoms with van der Waals surface area (Å²) >= 11 is 0. The van der Waals surface area contributed by atoms with Crippen molar-refractivity contribution in [2.24, 2.45) is 0 Å². The molecule has 0 radical (unpaired) electrons. The highest BCUT2D eigenvalue weighted by Gasteiger charge is 2.22. The maximum atomic E-state index is 8.77. The molecule has 1 saturated carbocycles. The van der Waals surface area contributed by atoms with Gasteiger partial charge in [-0.05, 0) is 43.6 Å². The van der Waals surface area contributed by atoms with Crippen LogP contribution in [0.4, 0.5) is 5.82 Å². The Morgan fingerprint density at radius 3 is 2.65 bits per heavy atom. The van der Waals surface area contributed by atoms with Crippen LogP contribution >= 0.6 is 0 Å². The van der Waals surface area contributed by atoms with Gasteiger partial charge in [-0.25, -0.2) is 9.97 Å². The monoisotopic (exact) mass is 306 g/mol. The maximum Gasteiger partial charge on any atom is 0.132 e. The third-order valence-electron chi connectivity index (χ3n) is 4.63. The van der Waals surface area contributed by atoms with Gasteiger partial charge in [-0.2, -0.15) is 5.26 Å². The van der Waals surface area contributed by atoms with Gasteiger partial charge in [0, 0.05) is 24.2 Å². The lowest BCUT2D eigenvalue weighted by Crippen LogP contribution is -2.26. The lowest BCUT2D eigenvalue weighted by Gasteiger charge is -2.30. The molecular formula is C19H22N4. The van der Waals surface area contributed by atoms with E-state index in [0.717, 1.165) is 24.2 Å². The molecular weight excluding hydrogens is 284 g/mol. The minimum absolute atomic E-state index is 0.464. The highest BCUT2D eigenvalue weighted by molar-refractivity contribution is 5.43. The zero-order chi connectivity index (χ0) is 15.9. The Hall–Kier alpha value is -2.41. The van der Waals surface area contributed by atoms with Crippen molar-refractivity contribution in [2.45, 2.75) is 50.5 Å². The number of hydrogen-bond acceptors (Lipinski definition) is 4. The molecule has 1 heterocycles. The Balaban J connectivity index is 1.58. The Kier molecular flexibility index (Phi) is 5.21. The van der Waals surface area contributed by atoms with E-state index in [2.05, 4.69) is 51.7 Å². The Labute approximate surface area is 137 Å². The van der Waals surface area contributed by atoms with Crippen molar-refractivity contribution in [3.63, 3.8) is 0 Å². The molecule has 1 aromatic carbocycles. The number of hydrogen-bond donors (Lipinski definition) is 1. The van der Waals surface area contributed by atoms with E-state index in [1.165, 1.54) is 18.4 Å². The van der Waals surface area contributed by atoms with Crippen molar-refractivity contribution in [3.05, 3.63) is 54.0 Å². The molecule has 0 spiro atoms. The van der Waals surface area contributed by atoms with Crippen molar-refractivity contribution in [1.29, 1.82) is 5.26 Å². The average molecular weight is 306 g/mol. The van der Waals surface area contributed by atoms with Gasteiger partial charge in [0.1, 0.15) is 12.1 Å². The summed E-state index contributed by atoms with van der Waals surface area (Å²) in [6.07, 6.45) is 9.33. The number of nitrogens with one attached hydrogen (secondary N) is 1. The minimum atomic E-state index is 0.464. The molecule has 4 nitrogen and oxygen atoms in total. The van der Waals surface area contributed by atoms with Gasteiger partial charge in [0.05, 0.1) is 6.07 Å². The summed E-state index contributed by atoms with van der Waals surface area (Å²) in [5.74, 6) is 1.58. The van der Waals surface area contributed by atoms with E-state index in [-0.39, 0.29) is 0 Å². The zero-order valence-corrected chi connectivity index (χ0v) is 13.3. The molecule has 2 aromatic rings. The first-order chi connectivity index (χ1) is 11.4. The van der Waals surface area contributed by atoms with Gasteiger partial charge < -0.3 is 5.32 Å². The number of anilines is 1. The van der Waals surface area contributed by atoms with Crippen molar-refractivity contribution in [1.82, 2.24) is 9.97 Å². The van der Waals surface area contributed by atoms with Gasteiger partial charge in [0.15, 0.2) is 0 Å². The minimum Gasteiger partial charge on any atom is -0.367 e. The smallest absolute Gasteiger partial charge is 0.132 e. The Morgan fingerprint density at radius 2 is 1.91 bits per heavy atom. The van der Waals surface area contributed by atoms with Crippen LogP contribution in [0.3, 0.4) is 0 Å². The van der Waals surface area contributed by atoms with Crippen molar-refractivity contribution in [3.8, 4) is 6.07 Å². The van der Waals surface area contributed by atoms with E-state index in [9.17, 15) is 0 Å². The lowest BCUT2D eigenvalue weighted by molar-refractivity contribution is 0.411. The molecule has 0 aliphatic heterocycles. The maximum absolute atomic E-state index is 8.77. The summed E-state index contributed by atoms with van der Waals surface area (Å²) in [7, 11) is 0. The predicted octanol–water partition coefficient (Wildman–Crippen LogP) is 4.07. The van der Waals surface area contributed by atoms with E-state index in [1.54, 1.807) is 6.33 Å². The molecule has 0 unspecified atom stereocenters. The second-order valence-electron chi connectivity index (χ2n) is 6.16. The fraction of sp³-hybridized carbons (Fsp3) is 0.421. The molecule has 1 aromatic heterocycles. The highest BCUT2D eigenvalue weighted by atomic mass is 15.0. The van der Waals surface area contributed by atoms with Gasteiger partial charge in [0.2, 0.25) is 0 Å². The van der Waals surface area contributed by atoms with Crippen LogP contribution in [0.5, 0.6) is 0 Å². The van der Waals surface area contributed by atoms with Gasteiger partial charge in [-0.15, -0.1) is 0 Å². The number of rotatable bonds is 5. The molecule has 0 bridgehead atoms. The average Bonchev–Trinajstić information content (AvgIpc) is 2.62. The van der Waals surface area contributed by atoms with Crippen LogP contribution in [-0.2, 0) is 6.42 Å². The van der Waals surface area contributed by atoms with Crippen LogP contribution < -0.4 is 5.32 Å². The van der Waals surface area contributed by atoms with Crippen LogP contribution in [0.2, 0.25) is 0 Å². The first-order valence-electron chi connectivity index (χ1n) is 8.34. The number of nitriles is 1. The predicted molar refractivity (Wildman–Crippen MR) is 91.0 cm³/mol. The summed E-state index contributed by atoms with van der Waals surface area (Å²) in [4.78, 5) is 8.45. The molecule has 4 heteroatoms. The fourth-order valence-electron chi connectivity index (χ4n) is 3.35. The SMILES string of the molecule is N#CCCc1cncnc1N[C@H]1CC[C@@H](c2ccccc2)CC1. The standard InChI is InChI=1S/C19H22N4/c20-12-4-7-17-13-21-14-22-19(17)23-18-10-8-16(9-11-18)15-5-2-1-3-6-15/h1-3,5-6,13-14,16,18H,4,7-11H2,(H,21,22,23)/t16-,18+. The normalized spacial score (nSPS) is 20.7. The molecule has 1 fully saturated rings. The van der Waals surface area contributed by atoms with E-state index in [1.807, 2.05) is 6.20 Å². The van der Waals surface area contributed by atoms with Crippen molar-refractivity contribution >= 4 is 5.82 Å². The first-order valence-corrected chi connectivity index (χ1v) is 8.34. The zero-order valence-electron chi connectivity index (χ0n) is 13.3. The van der Waals surface area contributed by atoms with Crippen molar-refractivity contribution in [2.75, 3.05) is 5.32 Å². The van der Waals surface area contributed by atoms with Crippen molar-refractivity contribution < 1.29 is 0 Å². The molecule has 1 aliphatic carbocycles. The van der Waals surface area contributed by atoms with E-state index in [4.69, 9.17) is 5.26 Å². The summed E-state index contributed by atoms with van der Waals surface area (Å²) in [6.45, 7) is 0. The number of nitrogens with zero attached hydrogens (tertiary/aromatic N) is 3. The number of aryl methyl sites for hydroxylation is 1. The topological polar surface area (TPSA) is 61.6 Å². The molecule has 1 aliphatic rings. The van der Waals surface area contributed by atoms with Crippen LogP contribution in [-0.4, -0.2) is 16.0 Å². The van der Waals surface area contributed by atoms with Gasteiger partial charge in [-0.3, -0.25) is 0 Å². The van der Waals surface area contributed by atoms with E-state index >= 15 is 0 Å². The molecule has 23 heavy (non-hydrogen) atoms. The van der Waals surface area contributed by atoms with E-state index in [0.29, 0.717) is 24.8 Å². The highest BCUT2D eigenvalue weighted by Crippen LogP contribution is 2.34. The fourth-order valence-corrected chi connectivity index (χ4v) is 3.35. The molecule has 1 N–H and O–H groups in total. The number of aromatic nitrogens is 2. The summed E-state index contributed by atoms with van der Waals surface area (Å²) in [5.41, 5.74) is 2.50. The molecule has 0 saturated heterocycles. The molecule has 3 rings (SSSR count). The van der Waals surface area contributed by atoms with Crippen LogP contribution in [0, 0.1) is 11.3 Å². The summed E-state index contributed by atoms with van der Waals surface area (Å²) in [6, 6.07) is 13.5. The Bertz CT molecular complexity index is 655. The van der Waals surface area contributed by atoms with Gasteiger partial charge >= 0.3 is 0 Å². The quantitative estimate of drug-likeness (QED) is 0.904. The van der Waals surface area contributed by atoms with Crippen LogP contribution in [0.15, 0.2) is 42.9 Å². The second-order valence-corrected chi connectivity index (χ2v) is 6.16. The third kappa shape index (κ3) is 4.07. The largest absolute Gasteiger partial charge is 0.367 e. The van der Waals surface area contributed by atoms with Crippen LogP contribution in [0.25, 0.3) is 0 Å². The second kappa shape index (κ2) is 7.73. The molecule has 0 atom stereocenters. The summed E-state index contributed by atoms with van der Waals surface area (Å²) < 4.78 is 0. The van der Waals surface area contributed by atoms with Gasteiger partial charge in [0.25, 0.3) is 0 Å². The van der Waals surface area contributed by atoms with Crippen LogP contribution in [0.1, 0.15) is 49.1 Å².